The molecule has 0 spiro atoms. The van der Waals surface area contributed by atoms with Crippen LogP contribution in [0.2, 0.25) is 0 Å². The lowest BCUT2D eigenvalue weighted by atomic mass is 9.65. The van der Waals surface area contributed by atoms with E-state index in [-0.39, 0.29) is 0 Å². The molecule has 0 heterocycles. The maximum atomic E-state index is 11.1. The number of hydrogen-bond acceptors (Lipinski definition) is 1. The molecule has 4 bridgehead atoms. The highest BCUT2D eigenvalue weighted by molar-refractivity contribution is 5.75. The summed E-state index contributed by atoms with van der Waals surface area (Å²) in [4.78, 5) is 11.1. The quantitative estimate of drug-likeness (QED) is 0.432. The zero-order valence-electron chi connectivity index (χ0n) is 12.1. The molecule has 5 aliphatic carbocycles. The van der Waals surface area contributed by atoms with E-state index < -0.39 is 0 Å². The average Bonchev–Trinajstić information content (AvgIpc) is 3.27. The monoisotopic (exact) mass is 276 g/mol. The van der Waals surface area contributed by atoms with Crippen LogP contribution in [0.15, 0.2) is 30.4 Å². The highest BCUT2D eigenvalue weighted by Gasteiger charge is 2.65. The first-order chi connectivity index (χ1) is 10.3. The van der Waals surface area contributed by atoms with Gasteiger partial charge in [0.2, 0.25) is 0 Å². The van der Waals surface area contributed by atoms with E-state index in [9.17, 15) is 4.79 Å². The summed E-state index contributed by atoms with van der Waals surface area (Å²) in [5.74, 6) is 7.31. The van der Waals surface area contributed by atoms with Crippen molar-refractivity contribution < 1.29 is 4.79 Å². The number of rotatable bonds is 1. The highest BCUT2D eigenvalue weighted by atomic mass is 16.1. The molecule has 0 saturated heterocycles. The van der Waals surface area contributed by atoms with E-state index in [2.05, 4.69) is 24.3 Å². The lowest BCUT2D eigenvalue weighted by Gasteiger charge is -2.39. The second-order valence-electron chi connectivity index (χ2n) is 8.14. The van der Waals surface area contributed by atoms with Crippen LogP contribution in [-0.4, -0.2) is 6.29 Å². The number of hydrogen-bond donors (Lipinski definition) is 0. The first kappa shape index (κ1) is 11.2. The van der Waals surface area contributed by atoms with E-state index in [1.54, 1.807) is 11.1 Å². The summed E-state index contributed by atoms with van der Waals surface area (Å²) in [5, 5.41) is 0. The van der Waals surface area contributed by atoms with Crippen LogP contribution in [0.3, 0.4) is 0 Å². The summed E-state index contributed by atoms with van der Waals surface area (Å²) in [6.07, 6.45) is 10.3. The molecule has 8 atom stereocenters. The summed E-state index contributed by atoms with van der Waals surface area (Å²) in [7, 11) is 0. The zero-order valence-corrected chi connectivity index (χ0v) is 12.1. The number of aldehydes is 1. The fourth-order valence-electron chi connectivity index (χ4n) is 7.34. The average molecular weight is 276 g/mol. The Balaban J connectivity index is 1.47. The van der Waals surface area contributed by atoms with Gasteiger partial charge in [0.25, 0.3) is 0 Å². The summed E-state index contributed by atoms with van der Waals surface area (Å²) in [6, 6.07) is 6.46. The molecule has 3 fully saturated rings. The van der Waals surface area contributed by atoms with E-state index in [1.165, 1.54) is 19.3 Å². The van der Waals surface area contributed by atoms with Gasteiger partial charge < -0.3 is 0 Å². The first-order valence-corrected chi connectivity index (χ1v) is 8.61. The molecule has 3 saturated carbocycles. The fourth-order valence-corrected chi connectivity index (χ4v) is 7.34. The largest absolute Gasteiger partial charge is 0.298 e. The third kappa shape index (κ3) is 1.16. The second-order valence-corrected chi connectivity index (χ2v) is 8.14. The molecule has 0 aromatic heterocycles. The molecular formula is C20H20O. The van der Waals surface area contributed by atoms with E-state index >= 15 is 0 Å². The molecule has 0 amide bonds. The van der Waals surface area contributed by atoms with Gasteiger partial charge in [0.1, 0.15) is 6.29 Å². The van der Waals surface area contributed by atoms with Crippen LogP contribution in [0.4, 0.5) is 0 Å². The highest BCUT2D eigenvalue weighted by Crippen LogP contribution is 2.72. The van der Waals surface area contributed by atoms with Crippen LogP contribution in [-0.2, 0) is 6.42 Å². The van der Waals surface area contributed by atoms with Crippen molar-refractivity contribution in [3.63, 3.8) is 0 Å². The minimum absolute atomic E-state index is 0.777. The van der Waals surface area contributed by atoms with Crippen molar-refractivity contribution in [3.8, 4) is 0 Å². The van der Waals surface area contributed by atoms with Crippen LogP contribution in [0, 0.1) is 41.4 Å². The smallest absolute Gasteiger partial charge is 0.150 e. The van der Waals surface area contributed by atoms with Gasteiger partial charge in [-0.05, 0) is 83.8 Å². The maximum absolute atomic E-state index is 11.1. The number of allylic oxidation sites excluding steroid dienone is 2. The van der Waals surface area contributed by atoms with Crippen molar-refractivity contribution in [2.24, 2.45) is 41.4 Å². The molecule has 21 heavy (non-hydrogen) atoms. The Morgan fingerprint density at radius 2 is 1.76 bits per heavy atom. The van der Waals surface area contributed by atoms with Gasteiger partial charge in [-0.25, -0.2) is 0 Å². The van der Waals surface area contributed by atoms with Crippen molar-refractivity contribution in [2.45, 2.75) is 25.2 Å². The molecule has 1 heteroatoms. The van der Waals surface area contributed by atoms with Gasteiger partial charge in [-0.3, -0.25) is 4.79 Å². The molecule has 0 radical (unpaired) electrons. The Hall–Kier alpha value is -1.37. The lowest BCUT2D eigenvalue weighted by molar-refractivity contribution is 0.112. The van der Waals surface area contributed by atoms with E-state index in [0.717, 1.165) is 59.2 Å². The lowest BCUT2D eigenvalue weighted by Crippen LogP contribution is -2.34. The van der Waals surface area contributed by atoms with E-state index in [1.807, 2.05) is 6.07 Å². The van der Waals surface area contributed by atoms with Crippen LogP contribution >= 0.6 is 0 Å². The Morgan fingerprint density at radius 3 is 2.57 bits per heavy atom. The predicted octanol–water partition coefficient (Wildman–Crippen LogP) is 3.84. The van der Waals surface area contributed by atoms with Gasteiger partial charge in [0.05, 0.1) is 0 Å². The van der Waals surface area contributed by atoms with Crippen LogP contribution in [0.25, 0.3) is 0 Å². The molecule has 1 aromatic carbocycles. The van der Waals surface area contributed by atoms with E-state index in [0.29, 0.717) is 0 Å². The number of fused-ring (bicyclic) bond motifs is 14. The zero-order chi connectivity index (χ0) is 13.7. The first-order valence-electron chi connectivity index (χ1n) is 8.61. The van der Waals surface area contributed by atoms with Crippen LogP contribution in [0.1, 0.15) is 40.2 Å². The summed E-state index contributed by atoms with van der Waals surface area (Å²) >= 11 is 0. The summed E-state index contributed by atoms with van der Waals surface area (Å²) in [6.45, 7) is 0. The SMILES string of the molecule is O=Cc1ccc2c(c1)C1C(C2)C2CC1C1C3C=CC(C3)C21. The van der Waals surface area contributed by atoms with Crippen LogP contribution in [0.5, 0.6) is 0 Å². The fraction of sp³-hybridized carbons (Fsp3) is 0.550. The molecule has 1 nitrogen and oxygen atoms in total. The van der Waals surface area contributed by atoms with Gasteiger partial charge in [-0.1, -0.05) is 24.3 Å². The van der Waals surface area contributed by atoms with Crippen molar-refractivity contribution in [1.82, 2.24) is 0 Å². The van der Waals surface area contributed by atoms with Gasteiger partial charge in [0, 0.05) is 5.56 Å². The van der Waals surface area contributed by atoms with Crippen molar-refractivity contribution >= 4 is 6.29 Å². The molecule has 5 aliphatic rings. The van der Waals surface area contributed by atoms with E-state index in [4.69, 9.17) is 0 Å². The Kier molecular flexibility index (Phi) is 1.88. The molecule has 6 rings (SSSR count). The van der Waals surface area contributed by atoms with Gasteiger partial charge in [0.15, 0.2) is 0 Å². The number of carbonyl (C=O) groups excluding carboxylic acids is 1. The minimum Gasteiger partial charge on any atom is -0.298 e. The maximum Gasteiger partial charge on any atom is 0.150 e. The number of carbonyl (C=O) groups is 1. The topological polar surface area (TPSA) is 17.1 Å². The predicted molar refractivity (Wildman–Crippen MR) is 81.1 cm³/mol. The second kappa shape index (κ2) is 3.51. The Bertz CT molecular complexity index is 687. The standard InChI is InChI=1S/C20H20O/c21-9-10-1-2-11-7-15-16-8-17(20(15)14(11)5-10)19-13-4-3-12(6-13)18(16)19/h1-5,9,12-13,15-20H,6-8H2. The number of benzene rings is 1. The normalized spacial score (nSPS) is 50.3. The van der Waals surface area contributed by atoms with Gasteiger partial charge in [-0.15, -0.1) is 0 Å². The summed E-state index contributed by atoms with van der Waals surface area (Å²) < 4.78 is 0. The minimum atomic E-state index is 0.777. The summed E-state index contributed by atoms with van der Waals surface area (Å²) in [5.41, 5.74) is 3.97. The third-order valence-electron chi connectivity index (χ3n) is 7.71. The molecule has 106 valence electrons. The van der Waals surface area contributed by atoms with Crippen molar-refractivity contribution in [3.05, 3.63) is 47.0 Å². The van der Waals surface area contributed by atoms with Gasteiger partial charge in [-0.2, -0.15) is 0 Å². The molecule has 1 aromatic rings. The molecule has 8 unspecified atom stereocenters. The van der Waals surface area contributed by atoms with Crippen molar-refractivity contribution in [2.75, 3.05) is 0 Å². The third-order valence-corrected chi connectivity index (χ3v) is 7.71. The Morgan fingerprint density at radius 1 is 0.952 bits per heavy atom. The Labute approximate surface area is 125 Å². The molecule has 0 N–H and O–H groups in total. The van der Waals surface area contributed by atoms with Crippen molar-refractivity contribution in [1.29, 1.82) is 0 Å². The molecular weight excluding hydrogens is 256 g/mol. The van der Waals surface area contributed by atoms with Crippen LogP contribution < -0.4 is 0 Å². The van der Waals surface area contributed by atoms with Gasteiger partial charge >= 0.3 is 0 Å². The molecule has 0 aliphatic heterocycles.